The van der Waals surface area contributed by atoms with Gasteiger partial charge in [0.25, 0.3) is 0 Å². The van der Waals surface area contributed by atoms with Gasteiger partial charge in [0.1, 0.15) is 0 Å². The molecule has 0 aliphatic carbocycles. The quantitative estimate of drug-likeness (QED) is 0.563. The first-order chi connectivity index (χ1) is 10.1. The van der Waals surface area contributed by atoms with Gasteiger partial charge in [0.05, 0.1) is 21.6 Å². The molecule has 0 radical (unpaired) electrons. The molecule has 0 saturated carbocycles. The molecular weight excluding hydrogens is 378 g/mol. The minimum absolute atomic E-state index is 0.303. The zero-order valence-electron chi connectivity index (χ0n) is 11.4. The summed E-state index contributed by atoms with van der Waals surface area (Å²) in [6, 6.07) is 7.36. The number of esters is 1. The van der Waals surface area contributed by atoms with Crippen molar-refractivity contribution < 1.29 is 14.3 Å². The normalized spacial score (nSPS) is 12.2. The number of nitrogens with zero attached hydrogens (tertiary/aromatic N) is 1. The molecular formula is C14H13BrClNO3S. The second-order valence-electron chi connectivity index (χ2n) is 4.02. The topological polar surface area (TPSA) is 48.4 Å². The molecule has 1 aromatic heterocycles. The molecule has 7 heteroatoms. The second kappa shape index (κ2) is 7.33. The highest BCUT2D eigenvalue weighted by molar-refractivity contribution is 9.10. The number of para-hydroxylation sites is 1. The Kier molecular flexibility index (Phi) is 5.72. The van der Waals surface area contributed by atoms with Gasteiger partial charge in [-0.25, -0.2) is 9.78 Å². The van der Waals surface area contributed by atoms with E-state index in [0.29, 0.717) is 27.5 Å². The zero-order chi connectivity index (χ0) is 15.4. The Balaban J connectivity index is 2.35. The van der Waals surface area contributed by atoms with Crippen molar-refractivity contribution in [2.24, 2.45) is 0 Å². The molecule has 112 valence electrons. The number of aromatic nitrogens is 1. The minimum atomic E-state index is -0.770. The fourth-order valence-corrected chi connectivity index (χ4v) is 2.81. The minimum Gasteiger partial charge on any atom is -0.463 e. The smallest absolute Gasteiger partial charge is 0.358 e. The van der Waals surface area contributed by atoms with E-state index in [9.17, 15) is 4.79 Å². The molecule has 0 N–H and O–H groups in total. The van der Waals surface area contributed by atoms with Crippen molar-refractivity contribution in [2.75, 3.05) is 12.9 Å². The van der Waals surface area contributed by atoms with Gasteiger partial charge in [0.2, 0.25) is 11.3 Å². The van der Waals surface area contributed by atoms with E-state index in [1.54, 1.807) is 19.2 Å². The van der Waals surface area contributed by atoms with E-state index in [1.807, 2.05) is 18.2 Å². The van der Waals surface area contributed by atoms with E-state index in [-0.39, 0.29) is 0 Å². The van der Waals surface area contributed by atoms with Gasteiger partial charge in [-0.05, 0) is 41.2 Å². The average Bonchev–Trinajstić information content (AvgIpc) is 2.46. The van der Waals surface area contributed by atoms with Crippen molar-refractivity contribution >= 4 is 56.2 Å². The molecule has 0 aliphatic heterocycles. The lowest BCUT2D eigenvalue weighted by Gasteiger charge is -2.16. The van der Waals surface area contributed by atoms with E-state index >= 15 is 0 Å². The lowest BCUT2D eigenvalue weighted by Crippen LogP contribution is -2.26. The van der Waals surface area contributed by atoms with E-state index in [0.717, 1.165) is 5.39 Å². The van der Waals surface area contributed by atoms with Crippen molar-refractivity contribution in [3.63, 3.8) is 0 Å². The zero-order valence-corrected chi connectivity index (χ0v) is 14.6. The lowest BCUT2D eigenvalue weighted by atomic mass is 10.2. The SMILES string of the molecule is CCOC(=O)C(Oc1nc2c(Cl)cccc2cc1Br)SC. The summed E-state index contributed by atoms with van der Waals surface area (Å²) in [6.07, 6.45) is 1.77. The predicted octanol–water partition coefficient (Wildman–Crippen LogP) is 4.28. The van der Waals surface area contributed by atoms with Crippen LogP contribution >= 0.6 is 39.3 Å². The first-order valence-electron chi connectivity index (χ1n) is 6.17. The van der Waals surface area contributed by atoms with E-state index in [4.69, 9.17) is 21.1 Å². The summed E-state index contributed by atoms with van der Waals surface area (Å²) in [4.78, 5) is 16.2. The average molecular weight is 391 g/mol. The summed E-state index contributed by atoms with van der Waals surface area (Å²) in [6.45, 7) is 2.05. The number of halogens is 2. The molecule has 2 rings (SSSR count). The molecule has 21 heavy (non-hydrogen) atoms. The van der Waals surface area contributed by atoms with Gasteiger partial charge < -0.3 is 9.47 Å². The third kappa shape index (κ3) is 3.81. The fraction of sp³-hybridized carbons (Fsp3) is 0.286. The lowest BCUT2D eigenvalue weighted by molar-refractivity contribution is -0.147. The summed E-state index contributed by atoms with van der Waals surface area (Å²) >= 11 is 10.8. The van der Waals surface area contributed by atoms with Gasteiger partial charge in [-0.1, -0.05) is 23.7 Å². The predicted molar refractivity (Wildman–Crippen MR) is 89.0 cm³/mol. The monoisotopic (exact) mass is 389 g/mol. The number of thioether (sulfide) groups is 1. The molecule has 1 unspecified atom stereocenters. The van der Waals surface area contributed by atoms with Gasteiger partial charge in [-0.15, -0.1) is 11.8 Å². The van der Waals surface area contributed by atoms with Gasteiger partial charge in [0.15, 0.2) is 0 Å². The number of hydrogen-bond donors (Lipinski definition) is 0. The number of benzene rings is 1. The summed E-state index contributed by atoms with van der Waals surface area (Å²) in [7, 11) is 0. The van der Waals surface area contributed by atoms with Crippen LogP contribution in [0.4, 0.5) is 0 Å². The number of ether oxygens (including phenoxy) is 2. The summed E-state index contributed by atoms with van der Waals surface area (Å²) in [5, 5.41) is 1.42. The first-order valence-corrected chi connectivity index (χ1v) is 8.63. The maximum atomic E-state index is 11.8. The van der Waals surface area contributed by atoms with E-state index in [1.165, 1.54) is 11.8 Å². The summed E-state index contributed by atoms with van der Waals surface area (Å²) in [5.41, 5.74) is -0.144. The molecule has 0 aliphatic rings. The van der Waals surface area contributed by atoms with Crippen LogP contribution < -0.4 is 4.74 Å². The van der Waals surface area contributed by atoms with Crippen LogP contribution in [0.15, 0.2) is 28.7 Å². The van der Waals surface area contributed by atoms with Crippen LogP contribution in [0.2, 0.25) is 5.02 Å². The van der Waals surface area contributed by atoms with Crippen LogP contribution in [-0.4, -0.2) is 29.3 Å². The third-order valence-electron chi connectivity index (χ3n) is 2.63. The molecule has 2 aromatic rings. The van der Waals surface area contributed by atoms with E-state index in [2.05, 4.69) is 20.9 Å². The van der Waals surface area contributed by atoms with Crippen LogP contribution in [0.1, 0.15) is 6.92 Å². The van der Waals surface area contributed by atoms with Gasteiger partial charge in [0, 0.05) is 5.39 Å². The molecule has 1 aromatic carbocycles. The number of rotatable bonds is 5. The standard InChI is InChI=1S/C14H13BrClNO3S/c1-3-19-13(18)14(21-2)20-12-9(15)7-8-5-4-6-10(16)11(8)17-12/h4-7,14H,3H2,1-2H3. The van der Waals surface area contributed by atoms with Crippen LogP contribution in [0.3, 0.4) is 0 Å². The molecule has 0 saturated heterocycles. The Hall–Kier alpha value is -0.980. The molecule has 4 nitrogen and oxygen atoms in total. The molecule has 1 heterocycles. The Morgan fingerprint density at radius 2 is 2.29 bits per heavy atom. The number of hydrogen-bond acceptors (Lipinski definition) is 5. The maximum absolute atomic E-state index is 11.8. The highest BCUT2D eigenvalue weighted by Gasteiger charge is 2.22. The van der Waals surface area contributed by atoms with Crippen LogP contribution in [0.25, 0.3) is 10.9 Å². The van der Waals surface area contributed by atoms with Crippen molar-refractivity contribution in [3.8, 4) is 5.88 Å². The van der Waals surface area contributed by atoms with Gasteiger partial charge >= 0.3 is 5.97 Å². The second-order valence-corrected chi connectivity index (χ2v) is 6.19. The number of pyridine rings is 1. The summed E-state index contributed by atoms with van der Waals surface area (Å²) in [5.74, 6) is -0.124. The Morgan fingerprint density at radius 3 is 2.95 bits per heavy atom. The molecule has 0 bridgehead atoms. The highest BCUT2D eigenvalue weighted by atomic mass is 79.9. The van der Waals surface area contributed by atoms with Gasteiger partial charge in [-0.2, -0.15) is 0 Å². The number of carbonyl (C=O) groups excluding carboxylic acids is 1. The highest BCUT2D eigenvalue weighted by Crippen LogP contribution is 2.32. The Bertz CT molecular complexity index is 668. The number of fused-ring (bicyclic) bond motifs is 1. The van der Waals surface area contributed by atoms with Crippen molar-refractivity contribution in [1.29, 1.82) is 0 Å². The number of carbonyl (C=O) groups is 1. The van der Waals surface area contributed by atoms with Crippen molar-refractivity contribution in [3.05, 3.63) is 33.8 Å². The molecule has 0 fully saturated rings. The van der Waals surface area contributed by atoms with Crippen molar-refractivity contribution in [1.82, 2.24) is 4.98 Å². The molecule has 0 amide bonds. The van der Waals surface area contributed by atoms with Crippen molar-refractivity contribution in [2.45, 2.75) is 12.4 Å². The third-order valence-corrected chi connectivity index (χ3v) is 4.22. The fourth-order valence-electron chi connectivity index (χ4n) is 1.71. The van der Waals surface area contributed by atoms with Crippen LogP contribution in [0, 0.1) is 0 Å². The first kappa shape index (κ1) is 16.4. The Morgan fingerprint density at radius 1 is 1.52 bits per heavy atom. The van der Waals surface area contributed by atoms with Gasteiger partial charge in [-0.3, -0.25) is 0 Å². The van der Waals surface area contributed by atoms with Crippen LogP contribution in [0.5, 0.6) is 5.88 Å². The molecule has 0 spiro atoms. The summed E-state index contributed by atoms with van der Waals surface area (Å²) < 4.78 is 11.3. The largest absolute Gasteiger partial charge is 0.463 e. The molecule has 1 atom stereocenters. The maximum Gasteiger partial charge on any atom is 0.358 e. The Labute approximate surface area is 140 Å². The van der Waals surface area contributed by atoms with E-state index < -0.39 is 11.4 Å². The van der Waals surface area contributed by atoms with Crippen LogP contribution in [-0.2, 0) is 9.53 Å².